The first kappa shape index (κ1) is 23.6. The molecule has 1 aliphatic rings. The first-order chi connectivity index (χ1) is 15.4. The number of carbonyl (C=O) groups is 3. The molecule has 0 bridgehead atoms. The highest BCUT2D eigenvalue weighted by molar-refractivity contribution is 14.1. The van der Waals surface area contributed by atoms with Gasteiger partial charge in [-0.3, -0.25) is 14.9 Å². The van der Waals surface area contributed by atoms with Crippen molar-refractivity contribution >= 4 is 52.2 Å². The average molecular weight is 550 g/mol. The summed E-state index contributed by atoms with van der Waals surface area (Å²) in [4.78, 5) is 38.9. The fraction of sp³-hybridized carbons (Fsp3) is 0.261. The zero-order valence-corrected chi connectivity index (χ0v) is 20.1. The molecule has 1 aliphatic heterocycles. The second-order valence-electron chi connectivity index (χ2n) is 6.77. The van der Waals surface area contributed by atoms with E-state index in [1.807, 2.05) is 13.8 Å². The van der Waals surface area contributed by atoms with E-state index in [0.29, 0.717) is 41.7 Å². The number of nitrogens with zero attached hydrogens (tertiary/aromatic N) is 1. The van der Waals surface area contributed by atoms with Crippen LogP contribution < -0.4 is 24.4 Å². The maximum absolute atomic E-state index is 13.1. The number of urea groups is 1. The average Bonchev–Trinajstić information content (AvgIpc) is 2.76. The van der Waals surface area contributed by atoms with Gasteiger partial charge in [0.15, 0.2) is 11.5 Å². The highest BCUT2D eigenvalue weighted by atomic mass is 127. The van der Waals surface area contributed by atoms with Gasteiger partial charge in [0.2, 0.25) is 0 Å². The summed E-state index contributed by atoms with van der Waals surface area (Å²) in [6.45, 7) is 4.89. The third kappa shape index (κ3) is 5.04. The molecule has 4 amide bonds. The molecule has 3 rings (SSSR count). The predicted molar refractivity (Wildman–Crippen MR) is 128 cm³/mol. The van der Waals surface area contributed by atoms with Gasteiger partial charge in [0.1, 0.15) is 11.3 Å². The normalized spacial score (nSPS) is 15.1. The minimum atomic E-state index is -0.809. The standard InChI is InChI=1S/C23H23IN2O6/c1-4-10-32-20-18(24)12-14(13-19(20)30-3)11-17-21(27)25-23(29)26(22(17)28)15-6-8-16(9-7-15)31-5-2/h6-9,11-13H,4-5,10H2,1-3H3,(H,25,27,29)/b17-11-. The number of barbiturate groups is 1. The Bertz CT molecular complexity index is 1060. The zero-order chi connectivity index (χ0) is 23.3. The van der Waals surface area contributed by atoms with Gasteiger partial charge in [-0.2, -0.15) is 0 Å². The molecule has 0 aromatic heterocycles. The van der Waals surface area contributed by atoms with Crippen LogP contribution in [-0.2, 0) is 9.59 Å². The van der Waals surface area contributed by atoms with Crippen LogP contribution in [-0.4, -0.2) is 38.2 Å². The Hall–Kier alpha value is -3.08. The molecule has 2 aromatic rings. The Morgan fingerprint density at radius 2 is 1.78 bits per heavy atom. The maximum Gasteiger partial charge on any atom is 0.335 e. The van der Waals surface area contributed by atoms with Gasteiger partial charge in [-0.15, -0.1) is 0 Å². The number of amides is 4. The fourth-order valence-electron chi connectivity index (χ4n) is 3.08. The highest BCUT2D eigenvalue weighted by Gasteiger charge is 2.36. The number of rotatable bonds is 8. The highest BCUT2D eigenvalue weighted by Crippen LogP contribution is 2.35. The second-order valence-corrected chi connectivity index (χ2v) is 7.93. The summed E-state index contributed by atoms with van der Waals surface area (Å²) in [7, 11) is 1.52. The van der Waals surface area contributed by atoms with Gasteiger partial charge in [-0.1, -0.05) is 6.92 Å². The van der Waals surface area contributed by atoms with Gasteiger partial charge in [-0.05, 0) is 84.0 Å². The van der Waals surface area contributed by atoms with Crippen molar-refractivity contribution in [3.63, 3.8) is 0 Å². The summed E-state index contributed by atoms with van der Waals surface area (Å²) in [6.07, 6.45) is 2.27. The van der Waals surface area contributed by atoms with Crippen LogP contribution in [0.4, 0.5) is 10.5 Å². The van der Waals surface area contributed by atoms with Gasteiger partial charge in [-0.25, -0.2) is 9.69 Å². The van der Waals surface area contributed by atoms with Gasteiger partial charge in [0.05, 0.1) is 29.6 Å². The molecule has 8 nitrogen and oxygen atoms in total. The molecule has 9 heteroatoms. The summed E-state index contributed by atoms with van der Waals surface area (Å²) >= 11 is 2.11. The molecule has 0 saturated carbocycles. The van der Waals surface area contributed by atoms with E-state index < -0.39 is 17.8 Å². The van der Waals surface area contributed by atoms with E-state index in [-0.39, 0.29) is 5.57 Å². The Morgan fingerprint density at radius 3 is 2.41 bits per heavy atom. The molecule has 0 unspecified atom stereocenters. The monoisotopic (exact) mass is 550 g/mol. The van der Waals surface area contributed by atoms with Crippen molar-refractivity contribution in [1.29, 1.82) is 0 Å². The van der Waals surface area contributed by atoms with Crippen molar-refractivity contribution in [2.45, 2.75) is 20.3 Å². The van der Waals surface area contributed by atoms with E-state index in [2.05, 4.69) is 27.9 Å². The van der Waals surface area contributed by atoms with Crippen molar-refractivity contribution in [1.82, 2.24) is 5.32 Å². The van der Waals surface area contributed by atoms with Gasteiger partial charge in [0.25, 0.3) is 11.8 Å². The number of ether oxygens (including phenoxy) is 3. The summed E-state index contributed by atoms with van der Waals surface area (Å²) in [6, 6.07) is 9.13. The summed E-state index contributed by atoms with van der Waals surface area (Å²) < 4.78 is 17.3. The van der Waals surface area contributed by atoms with Crippen molar-refractivity contribution in [2.75, 3.05) is 25.2 Å². The SMILES string of the molecule is CCCOc1c(I)cc(/C=C2/C(=O)NC(=O)N(c3ccc(OCC)cc3)C2=O)cc1OC. The third-order valence-corrected chi connectivity index (χ3v) is 5.32. The van der Waals surface area contributed by atoms with E-state index in [9.17, 15) is 14.4 Å². The number of nitrogens with one attached hydrogen (secondary N) is 1. The first-order valence-electron chi connectivity index (χ1n) is 10.0. The van der Waals surface area contributed by atoms with Crippen LogP contribution >= 0.6 is 22.6 Å². The third-order valence-electron chi connectivity index (χ3n) is 4.52. The molecule has 32 heavy (non-hydrogen) atoms. The Labute approximate surface area is 199 Å². The van der Waals surface area contributed by atoms with Crippen molar-refractivity contribution in [3.05, 3.63) is 51.1 Å². The quantitative estimate of drug-likeness (QED) is 0.302. The molecule has 1 N–H and O–H groups in total. The number of halogens is 1. The van der Waals surface area contributed by atoms with E-state index >= 15 is 0 Å². The van der Waals surface area contributed by atoms with E-state index in [0.717, 1.165) is 14.9 Å². The zero-order valence-electron chi connectivity index (χ0n) is 17.9. The Balaban J connectivity index is 1.96. The van der Waals surface area contributed by atoms with Crippen molar-refractivity contribution in [3.8, 4) is 17.2 Å². The lowest BCUT2D eigenvalue weighted by Gasteiger charge is -2.26. The summed E-state index contributed by atoms with van der Waals surface area (Å²) in [5.74, 6) is 0.216. The molecule has 0 spiro atoms. The second kappa shape index (κ2) is 10.5. The lowest BCUT2D eigenvalue weighted by molar-refractivity contribution is -0.122. The van der Waals surface area contributed by atoms with Crippen LogP contribution in [0.5, 0.6) is 17.2 Å². The van der Waals surface area contributed by atoms with Crippen molar-refractivity contribution in [2.24, 2.45) is 0 Å². The lowest BCUT2D eigenvalue weighted by Crippen LogP contribution is -2.54. The molecular formula is C23H23IN2O6. The van der Waals surface area contributed by atoms with Gasteiger partial charge in [0, 0.05) is 0 Å². The molecule has 1 saturated heterocycles. The summed E-state index contributed by atoms with van der Waals surface area (Å²) in [5, 5.41) is 2.22. The van der Waals surface area contributed by atoms with E-state index in [1.165, 1.54) is 13.2 Å². The number of methoxy groups -OCH3 is 1. The van der Waals surface area contributed by atoms with Crippen LogP contribution in [0.25, 0.3) is 6.08 Å². The van der Waals surface area contributed by atoms with Gasteiger partial charge >= 0.3 is 6.03 Å². The lowest BCUT2D eigenvalue weighted by atomic mass is 10.1. The topological polar surface area (TPSA) is 94.2 Å². The number of imide groups is 2. The fourth-order valence-corrected chi connectivity index (χ4v) is 3.87. The van der Waals surface area contributed by atoms with Gasteiger partial charge < -0.3 is 14.2 Å². The van der Waals surface area contributed by atoms with Crippen LogP contribution in [0.1, 0.15) is 25.8 Å². The molecule has 0 aliphatic carbocycles. The smallest absolute Gasteiger partial charge is 0.335 e. The Morgan fingerprint density at radius 1 is 1.06 bits per heavy atom. The predicted octanol–water partition coefficient (Wildman–Crippen LogP) is 4.15. The molecule has 0 atom stereocenters. The van der Waals surface area contributed by atoms with E-state index in [1.54, 1.807) is 36.4 Å². The Kier molecular flexibility index (Phi) is 7.73. The molecular weight excluding hydrogens is 527 g/mol. The molecule has 1 heterocycles. The van der Waals surface area contributed by atoms with Crippen LogP contribution in [0.15, 0.2) is 42.0 Å². The minimum absolute atomic E-state index is 0.168. The minimum Gasteiger partial charge on any atom is -0.494 e. The number of benzene rings is 2. The molecule has 1 fully saturated rings. The number of carbonyl (C=O) groups excluding carboxylic acids is 3. The summed E-state index contributed by atoms with van der Waals surface area (Å²) in [5.41, 5.74) is 0.720. The molecule has 0 radical (unpaired) electrons. The number of hydrogen-bond donors (Lipinski definition) is 1. The largest absolute Gasteiger partial charge is 0.494 e. The van der Waals surface area contributed by atoms with Crippen molar-refractivity contribution < 1.29 is 28.6 Å². The molecule has 2 aromatic carbocycles. The maximum atomic E-state index is 13.1. The van der Waals surface area contributed by atoms with Crippen LogP contribution in [0.3, 0.4) is 0 Å². The number of anilines is 1. The van der Waals surface area contributed by atoms with Crippen LogP contribution in [0, 0.1) is 3.57 Å². The van der Waals surface area contributed by atoms with Crippen LogP contribution in [0.2, 0.25) is 0 Å². The first-order valence-corrected chi connectivity index (χ1v) is 11.1. The molecule has 168 valence electrons. The van der Waals surface area contributed by atoms with E-state index in [4.69, 9.17) is 14.2 Å². The number of hydrogen-bond acceptors (Lipinski definition) is 6.